The van der Waals surface area contributed by atoms with Crippen molar-refractivity contribution in [2.24, 2.45) is 0 Å². The van der Waals surface area contributed by atoms with Gasteiger partial charge >= 0.3 is 0 Å². The molecule has 0 unspecified atom stereocenters. The zero-order valence-corrected chi connectivity index (χ0v) is 13.3. The lowest BCUT2D eigenvalue weighted by Crippen LogP contribution is -2.40. The third-order valence-corrected chi connectivity index (χ3v) is 5.69. The van der Waals surface area contributed by atoms with Crippen LogP contribution >= 0.6 is 0 Å². The third-order valence-electron chi connectivity index (χ3n) is 5.69. The molecule has 1 aliphatic carbocycles. The highest BCUT2D eigenvalue weighted by Gasteiger charge is 2.44. The number of pyridine rings is 1. The Morgan fingerprint density at radius 1 is 1.48 bits per heavy atom. The minimum atomic E-state index is -0.501. The van der Waals surface area contributed by atoms with Gasteiger partial charge in [0.2, 0.25) is 0 Å². The number of fused-ring (bicyclic) bond motifs is 1. The first-order valence-corrected chi connectivity index (χ1v) is 8.49. The van der Waals surface area contributed by atoms with Crippen molar-refractivity contribution in [3.63, 3.8) is 0 Å². The molecule has 0 radical (unpaired) electrons. The Hall–Kier alpha value is -1.50. The summed E-state index contributed by atoms with van der Waals surface area (Å²) < 4.78 is 6.04. The van der Waals surface area contributed by atoms with Crippen LogP contribution in [0.1, 0.15) is 53.7 Å². The van der Waals surface area contributed by atoms with Gasteiger partial charge in [-0.2, -0.15) is 0 Å². The topological polar surface area (TPSA) is 74.7 Å². The molecule has 2 aliphatic heterocycles. The van der Waals surface area contributed by atoms with Crippen molar-refractivity contribution < 1.29 is 14.7 Å². The van der Waals surface area contributed by atoms with E-state index in [-0.39, 0.29) is 5.60 Å². The van der Waals surface area contributed by atoms with Gasteiger partial charge in [-0.25, -0.2) is 5.48 Å². The molecular weight excluding hydrogens is 294 g/mol. The molecule has 3 heterocycles. The molecule has 1 saturated heterocycles. The number of nitrogens with one attached hydrogen (secondary N) is 1. The van der Waals surface area contributed by atoms with E-state index in [9.17, 15) is 4.79 Å². The molecule has 6 nitrogen and oxygen atoms in total. The van der Waals surface area contributed by atoms with Gasteiger partial charge in [0.05, 0.1) is 16.9 Å². The van der Waals surface area contributed by atoms with E-state index in [1.807, 2.05) is 6.07 Å². The van der Waals surface area contributed by atoms with Crippen LogP contribution in [0.5, 0.6) is 0 Å². The Kier molecular flexibility index (Phi) is 3.83. The number of hydroxylamine groups is 1. The van der Waals surface area contributed by atoms with Gasteiger partial charge in [-0.05, 0) is 50.2 Å². The van der Waals surface area contributed by atoms with E-state index in [1.165, 1.54) is 25.7 Å². The fourth-order valence-electron chi connectivity index (χ4n) is 4.42. The first-order chi connectivity index (χ1) is 11.2. The van der Waals surface area contributed by atoms with Gasteiger partial charge in [-0.15, -0.1) is 0 Å². The highest BCUT2D eigenvalue weighted by molar-refractivity contribution is 5.93. The molecule has 1 aromatic rings. The van der Waals surface area contributed by atoms with Crippen molar-refractivity contribution in [1.82, 2.24) is 15.4 Å². The maximum absolute atomic E-state index is 11.5. The summed E-state index contributed by atoms with van der Waals surface area (Å²) in [6.45, 7) is 2.77. The predicted octanol–water partition coefficient (Wildman–Crippen LogP) is 1.66. The molecule has 1 spiro atoms. The molecule has 124 valence electrons. The summed E-state index contributed by atoms with van der Waals surface area (Å²) in [6.07, 6.45) is 8.40. The minimum Gasteiger partial charge on any atom is -0.375 e. The van der Waals surface area contributed by atoms with E-state index >= 15 is 0 Å². The van der Waals surface area contributed by atoms with E-state index < -0.39 is 5.91 Å². The summed E-state index contributed by atoms with van der Waals surface area (Å²) in [6, 6.07) is 2.44. The number of carbonyl (C=O) groups excluding carboxylic acids is 1. The van der Waals surface area contributed by atoms with Crippen LogP contribution in [-0.4, -0.2) is 45.8 Å². The number of carbonyl (C=O) groups is 1. The Bertz CT molecular complexity index is 613. The fourth-order valence-corrected chi connectivity index (χ4v) is 4.42. The highest BCUT2D eigenvalue weighted by atomic mass is 16.5. The lowest BCUT2D eigenvalue weighted by Gasteiger charge is -2.34. The summed E-state index contributed by atoms with van der Waals surface area (Å²) >= 11 is 0. The molecule has 1 saturated carbocycles. The van der Waals surface area contributed by atoms with E-state index in [2.05, 4.69) is 9.88 Å². The largest absolute Gasteiger partial charge is 0.375 e. The number of ether oxygens (including phenoxy) is 1. The molecule has 1 aromatic heterocycles. The van der Waals surface area contributed by atoms with Crippen molar-refractivity contribution in [2.75, 3.05) is 13.2 Å². The summed E-state index contributed by atoms with van der Waals surface area (Å²) in [5, 5.41) is 8.73. The van der Waals surface area contributed by atoms with Gasteiger partial charge in [0.15, 0.2) is 0 Å². The average molecular weight is 317 g/mol. The Morgan fingerprint density at radius 2 is 2.39 bits per heavy atom. The summed E-state index contributed by atoms with van der Waals surface area (Å²) in [5.41, 5.74) is 4.41. The third kappa shape index (κ3) is 2.75. The van der Waals surface area contributed by atoms with Gasteiger partial charge in [0.25, 0.3) is 5.91 Å². The normalized spacial score (nSPS) is 30.6. The van der Waals surface area contributed by atoms with Crippen molar-refractivity contribution in [2.45, 2.75) is 56.7 Å². The quantitative estimate of drug-likeness (QED) is 0.641. The first kappa shape index (κ1) is 15.1. The average Bonchev–Trinajstić information content (AvgIpc) is 3.23. The van der Waals surface area contributed by atoms with Crippen molar-refractivity contribution in [3.8, 4) is 0 Å². The van der Waals surface area contributed by atoms with E-state index in [1.54, 1.807) is 11.7 Å². The second-order valence-electron chi connectivity index (χ2n) is 7.02. The van der Waals surface area contributed by atoms with E-state index in [4.69, 9.17) is 9.94 Å². The van der Waals surface area contributed by atoms with Crippen LogP contribution in [0.4, 0.5) is 0 Å². The molecule has 1 amide bonds. The van der Waals surface area contributed by atoms with Gasteiger partial charge in [0.1, 0.15) is 0 Å². The lowest BCUT2D eigenvalue weighted by atomic mass is 9.97. The molecule has 2 atom stereocenters. The van der Waals surface area contributed by atoms with Crippen LogP contribution in [0.25, 0.3) is 0 Å². The predicted molar refractivity (Wildman–Crippen MR) is 83.2 cm³/mol. The molecule has 2 N–H and O–H groups in total. The van der Waals surface area contributed by atoms with Gasteiger partial charge in [0, 0.05) is 31.9 Å². The SMILES string of the molecule is O=C(NO)c1cnc2c(c1)CCN([C@H]1CC[C@@]3(CCCO3)C1)C2. The number of aromatic nitrogens is 1. The van der Waals surface area contributed by atoms with Crippen LogP contribution < -0.4 is 5.48 Å². The summed E-state index contributed by atoms with van der Waals surface area (Å²) in [4.78, 5) is 18.5. The van der Waals surface area contributed by atoms with Gasteiger partial charge < -0.3 is 4.74 Å². The maximum atomic E-state index is 11.5. The number of hydrogen-bond donors (Lipinski definition) is 2. The van der Waals surface area contributed by atoms with E-state index in [0.29, 0.717) is 11.6 Å². The maximum Gasteiger partial charge on any atom is 0.276 e. The molecule has 23 heavy (non-hydrogen) atoms. The number of amides is 1. The van der Waals surface area contributed by atoms with Crippen LogP contribution in [0, 0.1) is 0 Å². The molecule has 4 rings (SSSR count). The summed E-state index contributed by atoms with van der Waals surface area (Å²) in [5.74, 6) is -0.501. The van der Waals surface area contributed by atoms with Gasteiger partial charge in [-0.3, -0.25) is 19.9 Å². The van der Waals surface area contributed by atoms with E-state index in [0.717, 1.165) is 43.8 Å². The molecule has 0 bridgehead atoms. The van der Waals surface area contributed by atoms with Crippen LogP contribution in [0.2, 0.25) is 0 Å². The second-order valence-corrected chi connectivity index (χ2v) is 7.02. The summed E-state index contributed by atoms with van der Waals surface area (Å²) in [7, 11) is 0. The Labute approximate surface area is 135 Å². The molecule has 2 fully saturated rings. The van der Waals surface area contributed by atoms with Crippen LogP contribution in [0.3, 0.4) is 0 Å². The molecule has 0 aromatic carbocycles. The number of nitrogens with zero attached hydrogens (tertiary/aromatic N) is 2. The zero-order valence-electron chi connectivity index (χ0n) is 13.3. The monoisotopic (exact) mass is 317 g/mol. The Balaban J connectivity index is 1.46. The number of hydrogen-bond acceptors (Lipinski definition) is 5. The van der Waals surface area contributed by atoms with Crippen molar-refractivity contribution >= 4 is 5.91 Å². The number of rotatable bonds is 2. The standard InChI is InChI=1S/C17H23N3O3/c21-16(19-22)13-8-12-3-6-20(11-15(12)18-10-13)14-2-5-17(9-14)4-1-7-23-17/h8,10,14,22H,1-7,9,11H2,(H,19,21)/t14-,17-/m0/s1. The lowest BCUT2D eigenvalue weighted by molar-refractivity contribution is 0.00284. The second kappa shape index (κ2) is 5.85. The molecule has 6 heteroatoms. The van der Waals surface area contributed by atoms with Crippen LogP contribution in [-0.2, 0) is 17.7 Å². The van der Waals surface area contributed by atoms with Crippen molar-refractivity contribution in [3.05, 3.63) is 29.1 Å². The van der Waals surface area contributed by atoms with Crippen molar-refractivity contribution in [1.29, 1.82) is 0 Å². The smallest absolute Gasteiger partial charge is 0.276 e. The first-order valence-electron chi connectivity index (χ1n) is 8.49. The fraction of sp³-hybridized carbons (Fsp3) is 0.647. The Morgan fingerprint density at radius 3 is 3.17 bits per heavy atom. The van der Waals surface area contributed by atoms with Crippen LogP contribution in [0.15, 0.2) is 12.3 Å². The van der Waals surface area contributed by atoms with Gasteiger partial charge in [-0.1, -0.05) is 0 Å². The minimum absolute atomic E-state index is 0.154. The molecule has 3 aliphatic rings. The zero-order chi connectivity index (χ0) is 15.9. The highest BCUT2D eigenvalue weighted by Crippen LogP contribution is 2.43. The molecular formula is C17H23N3O3.